The van der Waals surface area contributed by atoms with E-state index < -0.39 is 17.8 Å². The Hall–Kier alpha value is -3.15. The van der Waals surface area contributed by atoms with Crippen molar-refractivity contribution in [2.75, 3.05) is 6.61 Å². The number of ether oxygens (including phenoxy) is 1. The molecule has 144 valence electrons. The second kappa shape index (κ2) is 7.84. The van der Waals surface area contributed by atoms with Gasteiger partial charge >= 0.3 is 5.97 Å². The average Bonchev–Trinajstić information content (AvgIpc) is 2.98. The Labute approximate surface area is 163 Å². The minimum atomic E-state index is -0.770. The van der Waals surface area contributed by atoms with Crippen LogP contribution in [0.25, 0.3) is 0 Å². The van der Waals surface area contributed by atoms with Crippen molar-refractivity contribution in [2.24, 2.45) is 5.92 Å². The topological polar surface area (TPSA) is 72.9 Å². The second-order valence-corrected chi connectivity index (χ2v) is 7.17. The molecule has 6 nitrogen and oxygen atoms in total. The van der Waals surface area contributed by atoms with Gasteiger partial charge in [-0.05, 0) is 55.2 Å². The molecule has 6 heteroatoms. The second-order valence-electron chi connectivity index (χ2n) is 7.17. The summed E-state index contributed by atoms with van der Waals surface area (Å²) < 4.78 is 5.82. The molecule has 2 aromatic rings. The first-order valence-corrected chi connectivity index (χ1v) is 9.56. The molecule has 0 spiro atoms. The first-order chi connectivity index (χ1) is 13.6. The Morgan fingerprint density at radius 3 is 2.11 bits per heavy atom. The molecule has 28 heavy (non-hydrogen) atoms. The SMILES string of the molecule is O=C(ON1C(=O)c2ccccc2C1=O)c1ccc(OCC2CCCCC2)cc1. The van der Waals surface area contributed by atoms with E-state index in [0.717, 1.165) is 0 Å². The van der Waals surface area contributed by atoms with Crippen molar-refractivity contribution in [3.63, 3.8) is 0 Å². The largest absolute Gasteiger partial charge is 0.493 e. The number of rotatable bonds is 5. The molecule has 1 saturated carbocycles. The van der Waals surface area contributed by atoms with Gasteiger partial charge in [0, 0.05) is 0 Å². The van der Waals surface area contributed by atoms with Gasteiger partial charge in [0.15, 0.2) is 0 Å². The van der Waals surface area contributed by atoms with Crippen molar-refractivity contribution in [3.8, 4) is 5.75 Å². The van der Waals surface area contributed by atoms with Crippen LogP contribution in [0.5, 0.6) is 5.75 Å². The fourth-order valence-corrected chi connectivity index (χ4v) is 3.64. The van der Waals surface area contributed by atoms with Gasteiger partial charge in [0.2, 0.25) is 0 Å². The number of hydroxylamine groups is 2. The molecule has 1 aliphatic carbocycles. The number of nitrogens with zero attached hydrogens (tertiary/aromatic N) is 1. The lowest BCUT2D eigenvalue weighted by Gasteiger charge is -2.21. The van der Waals surface area contributed by atoms with Crippen molar-refractivity contribution in [2.45, 2.75) is 32.1 Å². The fraction of sp³-hybridized carbons (Fsp3) is 0.318. The van der Waals surface area contributed by atoms with E-state index in [1.54, 1.807) is 36.4 Å². The molecule has 0 aromatic heterocycles. The number of fused-ring (bicyclic) bond motifs is 1. The molecule has 1 fully saturated rings. The molecule has 0 saturated heterocycles. The molecule has 0 N–H and O–H groups in total. The Balaban J connectivity index is 1.36. The van der Waals surface area contributed by atoms with Gasteiger partial charge in [0.05, 0.1) is 23.3 Å². The monoisotopic (exact) mass is 379 g/mol. The van der Waals surface area contributed by atoms with Crippen molar-refractivity contribution in [1.29, 1.82) is 0 Å². The molecule has 0 atom stereocenters. The highest BCUT2D eigenvalue weighted by Gasteiger charge is 2.38. The lowest BCUT2D eigenvalue weighted by molar-refractivity contribution is -0.0584. The Kier molecular flexibility index (Phi) is 5.10. The lowest BCUT2D eigenvalue weighted by Crippen LogP contribution is -2.32. The molecule has 0 radical (unpaired) electrons. The van der Waals surface area contributed by atoms with Gasteiger partial charge < -0.3 is 9.57 Å². The maximum absolute atomic E-state index is 12.4. The lowest BCUT2D eigenvalue weighted by atomic mass is 9.90. The van der Waals surface area contributed by atoms with E-state index >= 15 is 0 Å². The zero-order chi connectivity index (χ0) is 19.5. The van der Waals surface area contributed by atoms with Gasteiger partial charge in [-0.1, -0.05) is 36.5 Å². The van der Waals surface area contributed by atoms with Crippen LogP contribution in [0.1, 0.15) is 63.2 Å². The Bertz CT molecular complexity index is 864. The van der Waals surface area contributed by atoms with E-state index in [4.69, 9.17) is 9.57 Å². The highest BCUT2D eigenvalue weighted by atomic mass is 16.7. The molecule has 0 bridgehead atoms. The highest BCUT2D eigenvalue weighted by Crippen LogP contribution is 2.26. The molecule has 4 rings (SSSR count). The first-order valence-electron chi connectivity index (χ1n) is 9.56. The van der Waals surface area contributed by atoms with Crippen LogP contribution < -0.4 is 4.74 Å². The van der Waals surface area contributed by atoms with Crippen molar-refractivity contribution >= 4 is 17.8 Å². The molecule has 2 aromatic carbocycles. The third-order valence-electron chi connectivity index (χ3n) is 5.23. The van der Waals surface area contributed by atoms with E-state index in [0.29, 0.717) is 23.3 Å². The third kappa shape index (κ3) is 3.63. The fourth-order valence-electron chi connectivity index (χ4n) is 3.64. The third-order valence-corrected chi connectivity index (χ3v) is 5.23. The Morgan fingerprint density at radius 1 is 0.893 bits per heavy atom. The summed E-state index contributed by atoms with van der Waals surface area (Å²) in [6.45, 7) is 0.679. The predicted molar refractivity (Wildman–Crippen MR) is 101 cm³/mol. The normalized spacial score (nSPS) is 16.8. The smallest absolute Gasteiger partial charge is 0.363 e. The number of hydrogen-bond acceptors (Lipinski definition) is 5. The summed E-state index contributed by atoms with van der Waals surface area (Å²) in [5.41, 5.74) is 0.695. The van der Waals surface area contributed by atoms with E-state index in [-0.39, 0.29) is 16.7 Å². The number of carbonyl (C=O) groups is 3. The molecule has 0 unspecified atom stereocenters. The van der Waals surface area contributed by atoms with Crippen LogP contribution in [-0.4, -0.2) is 29.5 Å². The standard InChI is InChI=1S/C22H21NO5/c24-20-18-8-4-5-9-19(18)21(25)23(20)28-22(26)16-10-12-17(13-11-16)27-14-15-6-2-1-3-7-15/h4-5,8-13,15H,1-3,6-7,14H2. The van der Waals surface area contributed by atoms with E-state index in [1.165, 1.54) is 44.2 Å². The minimum Gasteiger partial charge on any atom is -0.493 e. The quantitative estimate of drug-likeness (QED) is 0.734. The number of carbonyl (C=O) groups excluding carboxylic acids is 3. The summed E-state index contributed by atoms with van der Waals surface area (Å²) in [6.07, 6.45) is 6.23. The van der Waals surface area contributed by atoms with Crippen LogP contribution in [0.2, 0.25) is 0 Å². The Morgan fingerprint density at radius 2 is 1.50 bits per heavy atom. The van der Waals surface area contributed by atoms with Crippen LogP contribution in [0.15, 0.2) is 48.5 Å². The molecular weight excluding hydrogens is 358 g/mol. The van der Waals surface area contributed by atoms with E-state index in [2.05, 4.69) is 0 Å². The summed E-state index contributed by atoms with van der Waals surface area (Å²) in [6, 6.07) is 12.9. The van der Waals surface area contributed by atoms with Crippen molar-refractivity contribution < 1.29 is 24.0 Å². The number of hydrogen-bond donors (Lipinski definition) is 0. The highest BCUT2D eigenvalue weighted by molar-refractivity contribution is 6.21. The molecule has 2 amide bonds. The van der Waals surface area contributed by atoms with Crippen LogP contribution >= 0.6 is 0 Å². The maximum Gasteiger partial charge on any atom is 0.363 e. The number of amides is 2. The average molecular weight is 379 g/mol. The molecule has 2 aliphatic rings. The first kappa shape index (κ1) is 18.2. The summed E-state index contributed by atoms with van der Waals surface area (Å²) in [5, 5.41) is 0.514. The number of benzene rings is 2. The molecule has 1 aliphatic heterocycles. The van der Waals surface area contributed by atoms with Gasteiger partial charge in [0.1, 0.15) is 5.75 Å². The van der Waals surface area contributed by atoms with Gasteiger partial charge in [-0.15, -0.1) is 0 Å². The van der Waals surface area contributed by atoms with Crippen LogP contribution in [0.4, 0.5) is 0 Å². The zero-order valence-electron chi connectivity index (χ0n) is 15.4. The van der Waals surface area contributed by atoms with Gasteiger partial charge in [-0.3, -0.25) is 9.59 Å². The van der Waals surface area contributed by atoms with Crippen LogP contribution in [-0.2, 0) is 4.84 Å². The maximum atomic E-state index is 12.4. The van der Waals surface area contributed by atoms with E-state index in [1.807, 2.05) is 0 Å². The van der Waals surface area contributed by atoms with Gasteiger partial charge in [-0.25, -0.2) is 4.79 Å². The van der Waals surface area contributed by atoms with Crippen LogP contribution in [0, 0.1) is 5.92 Å². The zero-order valence-corrected chi connectivity index (χ0v) is 15.4. The van der Waals surface area contributed by atoms with E-state index in [9.17, 15) is 14.4 Å². The van der Waals surface area contributed by atoms with Crippen molar-refractivity contribution in [1.82, 2.24) is 5.06 Å². The number of imide groups is 1. The van der Waals surface area contributed by atoms with Crippen LogP contribution in [0.3, 0.4) is 0 Å². The summed E-state index contributed by atoms with van der Waals surface area (Å²) in [5.74, 6) is -0.772. The van der Waals surface area contributed by atoms with Gasteiger partial charge in [0.25, 0.3) is 11.8 Å². The summed E-state index contributed by atoms with van der Waals surface area (Å²) in [7, 11) is 0. The molecule has 1 heterocycles. The molecular formula is C22H21NO5. The van der Waals surface area contributed by atoms with Crippen molar-refractivity contribution in [3.05, 3.63) is 65.2 Å². The summed E-state index contributed by atoms with van der Waals surface area (Å²) in [4.78, 5) is 41.9. The summed E-state index contributed by atoms with van der Waals surface area (Å²) >= 11 is 0. The van der Waals surface area contributed by atoms with Gasteiger partial charge in [-0.2, -0.15) is 0 Å². The minimum absolute atomic E-state index is 0.228. The predicted octanol–water partition coefficient (Wildman–Crippen LogP) is 4.01.